The maximum Gasteiger partial charge on any atom is 0.227 e. The van der Waals surface area contributed by atoms with Crippen molar-refractivity contribution in [3.63, 3.8) is 0 Å². The van der Waals surface area contributed by atoms with Crippen molar-refractivity contribution in [3.8, 4) is 0 Å². The van der Waals surface area contributed by atoms with Crippen LogP contribution in [0.5, 0.6) is 0 Å². The minimum Gasteiger partial charge on any atom is -0.383 e. The van der Waals surface area contributed by atoms with E-state index in [0.29, 0.717) is 19.7 Å². The van der Waals surface area contributed by atoms with E-state index in [9.17, 15) is 8.42 Å². The Morgan fingerprint density at radius 2 is 2.08 bits per heavy atom. The van der Waals surface area contributed by atoms with E-state index in [1.807, 2.05) is 0 Å². The van der Waals surface area contributed by atoms with Crippen molar-refractivity contribution in [1.82, 2.24) is 14.5 Å². The standard InChI is InChI=1S/C18H33N3O3S/c1-4-25(22,23)18-19-14-17(21(18)12-13-24-3)15-20(2)11-7-10-16-8-5-6-9-16/h14,16H,4-13,15H2,1-3H3. The summed E-state index contributed by atoms with van der Waals surface area (Å²) in [5.41, 5.74) is 0.937. The summed E-state index contributed by atoms with van der Waals surface area (Å²) >= 11 is 0. The van der Waals surface area contributed by atoms with Crippen LogP contribution in [0.2, 0.25) is 0 Å². The maximum absolute atomic E-state index is 12.3. The first-order chi connectivity index (χ1) is 12.0. The Bertz CT molecular complexity index is 622. The number of nitrogens with zero attached hydrogens (tertiary/aromatic N) is 3. The van der Waals surface area contributed by atoms with Crippen LogP contribution in [-0.2, 0) is 27.7 Å². The second kappa shape index (κ2) is 9.69. The number of hydrogen-bond acceptors (Lipinski definition) is 5. The number of rotatable bonds is 11. The molecule has 0 aliphatic heterocycles. The Labute approximate surface area is 152 Å². The number of aromatic nitrogens is 2. The Kier molecular flexibility index (Phi) is 7.90. The van der Waals surface area contributed by atoms with Gasteiger partial charge in [-0.1, -0.05) is 32.6 Å². The minimum atomic E-state index is -3.32. The van der Waals surface area contributed by atoms with Gasteiger partial charge in [0.1, 0.15) is 0 Å². The highest BCUT2D eigenvalue weighted by Crippen LogP contribution is 2.28. The molecule has 6 nitrogen and oxygen atoms in total. The van der Waals surface area contributed by atoms with Gasteiger partial charge in [-0.2, -0.15) is 0 Å². The highest BCUT2D eigenvalue weighted by atomic mass is 32.2. The molecule has 1 aromatic heterocycles. The Balaban J connectivity index is 1.97. The van der Waals surface area contributed by atoms with E-state index in [0.717, 1.165) is 18.2 Å². The average Bonchev–Trinajstić information content (AvgIpc) is 3.23. The Morgan fingerprint density at radius 3 is 2.72 bits per heavy atom. The van der Waals surface area contributed by atoms with E-state index < -0.39 is 9.84 Å². The van der Waals surface area contributed by atoms with Crippen LogP contribution >= 0.6 is 0 Å². The molecule has 0 amide bonds. The van der Waals surface area contributed by atoms with Gasteiger partial charge in [-0.05, 0) is 32.4 Å². The molecule has 0 spiro atoms. The average molecular weight is 372 g/mol. The van der Waals surface area contributed by atoms with Crippen LogP contribution in [0.15, 0.2) is 11.4 Å². The molecule has 1 fully saturated rings. The molecule has 1 saturated carbocycles. The summed E-state index contributed by atoms with van der Waals surface area (Å²) in [7, 11) is 0.394. The molecule has 7 heteroatoms. The summed E-state index contributed by atoms with van der Waals surface area (Å²) < 4.78 is 31.5. The van der Waals surface area contributed by atoms with Crippen molar-refractivity contribution in [3.05, 3.63) is 11.9 Å². The third kappa shape index (κ3) is 5.79. The minimum absolute atomic E-state index is 0.0632. The van der Waals surface area contributed by atoms with E-state index in [1.165, 1.54) is 38.5 Å². The first-order valence-corrected chi connectivity index (χ1v) is 11.1. The summed E-state index contributed by atoms with van der Waals surface area (Å²) in [5.74, 6) is 0.982. The van der Waals surface area contributed by atoms with Gasteiger partial charge in [0.2, 0.25) is 15.0 Å². The van der Waals surface area contributed by atoms with Gasteiger partial charge in [-0.3, -0.25) is 0 Å². The lowest BCUT2D eigenvalue weighted by atomic mass is 10.0. The lowest BCUT2D eigenvalue weighted by Gasteiger charge is -2.19. The SMILES string of the molecule is CCS(=O)(=O)c1ncc(CN(C)CCCC2CCCC2)n1CCOC. The van der Waals surface area contributed by atoms with E-state index in [2.05, 4.69) is 16.9 Å². The molecule has 0 aromatic carbocycles. The zero-order chi connectivity index (χ0) is 18.3. The van der Waals surface area contributed by atoms with E-state index in [1.54, 1.807) is 24.8 Å². The summed E-state index contributed by atoms with van der Waals surface area (Å²) in [6.45, 7) is 4.37. The van der Waals surface area contributed by atoms with Crippen LogP contribution in [0.1, 0.15) is 51.1 Å². The molecule has 144 valence electrons. The first-order valence-electron chi connectivity index (χ1n) is 9.42. The van der Waals surface area contributed by atoms with Crippen molar-refractivity contribution >= 4 is 9.84 Å². The zero-order valence-electron chi connectivity index (χ0n) is 15.9. The molecule has 1 aliphatic rings. The second-order valence-electron chi connectivity index (χ2n) is 7.11. The number of sulfone groups is 1. The summed E-state index contributed by atoms with van der Waals surface area (Å²) in [6.07, 6.45) is 9.79. The molecule has 25 heavy (non-hydrogen) atoms. The summed E-state index contributed by atoms with van der Waals surface area (Å²) in [6, 6.07) is 0. The van der Waals surface area contributed by atoms with Gasteiger partial charge >= 0.3 is 0 Å². The van der Waals surface area contributed by atoms with Gasteiger partial charge in [0.25, 0.3) is 0 Å². The predicted octanol–water partition coefficient (Wildman–Crippen LogP) is 2.73. The molecule has 0 saturated heterocycles. The quantitative estimate of drug-likeness (QED) is 0.598. The van der Waals surface area contributed by atoms with Gasteiger partial charge in [-0.25, -0.2) is 13.4 Å². The zero-order valence-corrected chi connectivity index (χ0v) is 16.7. The third-order valence-corrected chi connectivity index (χ3v) is 6.78. The normalized spacial score (nSPS) is 16.2. The fourth-order valence-corrected chi connectivity index (χ4v) is 4.64. The van der Waals surface area contributed by atoms with Crippen LogP contribution < -0.4 is 0 Å². The van der Waals surface area contributed by atoms with Crippen LogP contribution in [0.25, 0.3) is 0 Å². The number of ether oxygens (including phenoxy) is 1. The van der Waals surface area contributed by atoms with Gasteiger partial charge in [0.15, 0.2) is 0 Å². The van der Waals surface area contributed by atoms with Crippen molar-refractivity contribution in [2.24, 2.45) is 5.92 Å². The maximum atomic E-state index is 12.3. The molecule has 0 unspecified atom stereocenters. The smallest absolute Gasteiger partial charge is 0.227 e. The molecule has 0 bridgehead atoms. The molecule has 1 aromatic rings. The summed E-state index contributed by atoms with van der Waals surface area (Å²) in [5, 5.41) is 0.168. The van der Waals surface area contributed by atoms with E-state index in [4.69, 9.17) is 4.74 Å². The predicted molar refractivity (Wildman–Crippen MR) is 99.4 cm³/mol. The third-order valence-electron chi connectivity index (χ3n) is 5.14. The van der Waals surface area contributed by atoms with Gasteiger partial charge in [0, 0.05) is 20.2 Å². The fraction of sp³-hybridized carbons (Fsp3) is 0.833. The van der Waals surface area contributed by atoms with E-state index in [-0.39, 0.29) is 10.9 Å². The van der Waals surface area contributed by atoms with Crippen molar-refractivity contribution < 1.29 is 13.2 Å². The van der Waals surface area contributed by atoms with Crippen molar-refractivity contribution in [2.45, 2.75) is 63.7 Å². The fourth-order valence-electron chi connectivity index (χ4n) is 3.62. The highest BCUT2D eigenvalue weighted by molar-refractivity contribution is 7.91. The lowest BCUT2D eigenvalue weighted by Crippen LogP contribution is -2.23. The molecule has 0 radical (unpaired) electrons. The van der Waals surface area contributed by atoms with Crippen LogP contribution in [-0.4, -0.2) is 55.9 Å². The highest BCUT2D eigenvalue weighted by Gasteiger charge is 2.22. The Hall–Kier alpha value is -0.920. The van der Waals surface area contributed by atoms with Crippen molar-refractivity contribution in [1.29, 1.82) is 0 Å². The van der Waals surface area contributed by atoms with Gasteiger partial charge in [-0.15, -0.1) is 0 Å². The van der Waals surface area contributed by atoms with Gasteiger partial charge < -0.3 is 14.2 Å². The summed E-state index contributed by atoms with van der Waals surface area (Å²) in [4.78, 5) is 6.46. The molecule has 1 aliphatic carbocycles. The lowest BCUT2D eigenvalue weighted by molar-refractivity contribution is 0.182. The van der Waals surface area contributed by atoms with Crippen LogP contribution in [0.3, 0.4) is 0 Å². The number of imidazole rings is 1. The second-order valence-corrected chi connectivity index (χ2v) is 9.28. The van der Waals surface area contributed by atoms with E-state index >= 15 is 0 Å². The first kappa shape index (κ1) is 20.4. The van der Waals surface area contributed by atoms with Crippen LogP contribution in [0, 0.1) is 5.92 Å². The topological polar surface area (TPSA) is 64.4 Å². The molecule has 0 N–H and O–H groups in total. The number of hydrogen-bond donors (Lipinski definition) is 0. The largest absolute Gasteiger partial charge is 0.383 e. The molecule has 1 heterocycles. The molecular formula is C18H33N3O3S. The Morgan fingerprint density at radius 1 is 1.36 bits per heavy atom. The van der Waals surface area contributed by atoms with Crippen molar-refractivity contribution in [2.75, 3.05) is 33.1 Å². The molecule has 2 rings (SSSR count). The number of methoxy groups -OCH3 is 1. The van der Waals surface area contributed by atoms with Gasteiger partial charge in [0.05, 0.1) is 24.3 Å². The molecule has 0 atom stereocenters. The van der Waals surface area contributed by atoms with Crippen LogP contribution in [0.4, 0.5) is 0 Å². The molecular weight excluding hydrogens is 338 g/mol. The monoisotopic (exact) mass is 371 g/mol.